The number of carbonyl (C=O) groups is 2. The second-order valence-corrected chi connectivity index (χ2v) is 9.57. The first-order valence-electron chi connectivity index (χ1n) is 10.8. The number of aryl methyl sites for hydroxylation is 1. The summed E-state index contributed by atoms with van der Waals surface area (Å²) >= 11 is 6.57. The highest BCUT2D eigenvalue weighted by molar-refractivity contribution is 6.31. The molecule has 0 spiro atoms. The van der Waals surface area contributed by atoms with E-state index in [-0.39, 0.29) is 30.9 Å². The van der Waals surface area contributed by atoms with Crippen LogP contribution < -0.4 is 5.32 Å². The number of esters is 1. The van der Waals surface area contributed by atoms with Gasteiger partial charge in [0.2, 0.25) is 0 Å². The lowest BCUT2D eigenvalue weighted by molar-refractivity contribution is -0.143. The second-order valence-electron chi connectivity index (χ2n) is 9.16. The minimum atomic E-state index is -0.758. The van der Waals surface area contributed by atoms with Crippen LogP contribution in [0.5, 0.6) is 0 Å². The van der Waals surface area contributed by atoms with Crippen molar-refractivity contribution in [2.75, 3.05) is 13.2 Å². The van der Waals surface area contributed by atoms with E-state index in [1.165, 1.54) is 4.90 Å². The summed E-state index contributed by atoms with van der Waals surface area (Å²) < 4.78 is 4.97. The lowest BCUT2D eigenvalue weighted by Crippen LogP contribution is -2.55. The monoisotopic (exact) mass is 450 g/mol. The van der Waals surface area contributed by atoms with Gasteiger partial charge < -0.3 is 20.1 Å². The normalized spacial score (nSPS) is 19.3. The van der Waals surface area contributed by atoms with E-state index in [0.29, 0.717) is 24.5 Å². The van der Waals surface area contributed by atoms with Gasteiger partial charge in [-0.1, -0.05) is 37.6 Å². The Balaban J connectivity index is 2.30. The highest BCUT2D eigenvalue weighted by Gasteiger charge is 2.39. The standard InChI is InChI=1S/C24H35ClN2O4/c1-7-31-21(28)11-13-27-15-19(16(2)3)24(6,26-22(27)29)18-9-8-17(20(25)14-18)10-12-23(4,5)30/h8-9,14-16,30H,7,10-13H2,1-6H3,(H,26,29)/t24-/m0/s1. The van der Waals surface area contributed by atoms with E-state index in [1.807, 2.05) is 31.3 Å². The van der Waals surface area contributed by atoms with Crippen LogP contribution in [0.4, 0.5) is 4.79 Å². The topological polar surface area (TPSA) is 78.9 Å². The van der Waals surface area contributed by atoms with Crippen molar-refractivity contribution in [1.29, 1.82) is 0 Å². The van der Waals surface area contributed by atoms with E-state index in [9.17, 15) is 14.7 Å². The summed E-state index contributed by atoms with van der Waals surface area (Å²) in [6.45, 7) is 12.0. The van der Waals surface area contributed by atoms with E-state index in [2.05, 4.69) is 19.2 Å². The van der Waals surface area contributed by atoms with Crippen LogP contribution in [0.25, 0.3) is 0 Å². The van der Waals surface area contributed by atoms with Crippen LogP contribution in [0.1, 0.15) is 65.5 Å². The average Bonchev–Trinajstić information content (AvgIpc) is 2.65. The van der Waals surface area contributed by atoms with Crippen molar-refractivity contribution in [2.45, 2.75) is 71.9 Å². The van der Waals surface area contributed by atoms with Gasteiger partial charge in [0.15, 0.2) is 0 Å². The molecule has 0 radical (unpaired) electrons. The smallest absolute Gasteiger partial charge is 0.322 e. The zero-order valence-corrected chi connectivity index (χ0v) is 20.2. The molecular weight excluding hydrogens is 416 g/mol. The molecule has 2 amide bonds. The van der Waals surface area contributed by atoms with Crippen molar-refractivity contribution in [3.8, 4) is 0 Å². The van der Waals surface area contributed by atoms with Gasteiger partial charge in [-0.15, -0.1) is 0 Å². The Morgan fingerprint density at radius 1 is 1.35 bits per heavy atom. The maximum atomic E-state index is 12.8. The van der Waals surface area contributed by atoms with E-state index in [0.717, 1.165) is 16.7 Å². The van der Waals surface area contributed by atoms with Gasteiger partial charge in [-0.2, -0.15) is 0 Å². The van der Waals surface area contributed by atoms with Crippen molar-refractivity contribution in [2.24, 2.45) is 5.92 Å². The van der Waals surface area contributed by atoms with Gasteiger partial charge in [-0.05, 0) is 69.2 Å². The number of urea groups is 1. The molecule has 0 aliphatic carbocycles. The lowest BCUT2D eigenvalue weighted by atomic mass is 9.78. The molecule has 172 valence electrons. The van der Waals surface area contributed by atoms with Crippen LogP contribution in [-0.4, -0.2) is 40.8 Å². The Morgan fingerprint density at radius 2 is 2.03 bits per heavy atom. The zero-order chi connectivity index (χ0) is 23.4. The summed E-state index contributed by atoms with van der Waals surface area (Å²) in [5.74, 6) is -0.166. The molecule has 1 aromatic carbocycles. The number of benzene rings is 1. The number of rotatable bonds is 9. The summed E-state index contributed by atoms with van der Waals surface area (Å²) in [6.07, 6.45) is 3.26. The predicted octanol–water partition coefficient (Wildman–Crippen LogP) is 4.78. The van der Waals surface area contributed by atoms with E-state index in [1.54, 1.807) is 20.8 Å². The largest absolute Gasteiger partial charge is 0.466 e. The van der Waals surface area contributed by atoms with E-state index >= 15 is 0 Å². The van der Waals surface area contributed by atoms with Gasteiger partial charge in [0.05, 0.1) is 24.2 Å². The fourth-order valence-corrected chi connectivity index (χ4v) is 4.07. The van der Waals surface area contributed by atoms with Gasteiger partial charge in [-0.25, -0.2) is 4.79 Å². The van der Waals surface area contributed by atoms with Crippen LogP contribution >= 0.6 is 11.6 Å². The van der Waals surface area contributed by atoms with Gasteiger partial charge in [0.25, 0.3) is 0 Å². The number of carbonyl (C=O) groups excluding carboxylic acids is 2. The predicted molar refractivity (Wildman–Crippen MR) is 123 cm³/mol. The van der Waals surface area contributed by atoms with Crippen molar-refractivity contribution < 1.29 is 19.4 Å². The fourth-order valence-electron chi connectivity index (χ4n) is 3.79. The van der Waals surface area contributed by atoms with Crippen molar-refractivity contribution in [3.63, 3.8) is 0 Å². The van der Waals surface area contributed by atoms with Crippen molar-refractivity contribution >= 4 is 23.6 Å². The second kappa shape index (κ2) is 10.0. The summed E-state index contributed by atoms with van der Waals surface area (Å²) in [7, 11) is 0. The Hall–Kier alpha value is -2.05. The minimum absolute atomic E-state index is 0.140. The number of hydrogen-bond donors (Lipinski definition) is 2. The molecule has 1 aromatic rings. The molecule has 1 aliphatic rings. The third-order valence-electron chi connectivity index (χ3n) is 5.61. The molecule has 6 nitrogen and oxygen atoms in total. The number of nitrogens with one attached hydrogen (secondary N) is 1. The van der Waals surface area contributed by atoms with Crippen LogP contribution in [0, 0.1) is 5.92 Å². The first-order valence-corrected chi connectivity index (χ1v) is 11.2. The molecule has 31 heavy (non-hydrogen) atoms. The highest BCUT2D eigenvalue weighted by atomic mass is 35.5. The minimum Gasteiger partial charge on any atom is -0.466 e. The maximum absolute atomic E-state index is 12.8. The van der Waals surface area contributed by atoms with Crippen LogP contribution in [-0.2, 0) is 21.5 Å². The first-order chi connectivity index (χ1) is 14.4. The molecule has 0 bridgehead atoms. The molecule has 1 heterocycles. The molecule has 7 heteroatoms. The molecule has 0 saturated heterocycles. The molecule has 0 unspecified atom stereocenters. The van der Waals surface area contributed by atoms with Gasteiger partial charge in [-0.3, -0.25) is 4.79 Å². The van der Waals surface area contributed by atoms with Crippen LogP contribution in [0.2, 0.25) is 5.02 Å². The maximum Gasteiger partial charge on any atom is 0.322 e. The third kappa shape index (κ3) is 6.47. The molecule has 0 saturated carbocycles. The quantitative estimate of drug-likeness (QED) is 0.531. The van der Waals surface area contributed by atoms with Crippen LogP contribution in [0.15, 0.2) is 30.0 Å². The first kappa shape index (κ1) is 25.2. The molecule has 0 fully saturated rings. The number of nitrogens with zero attached hydrogens (tertiary/aromatic N) is 1. The number of amides is 2. The summed E-state index contributed by atoms with van der Waals surface area (Å²) in [4.78, 5) is 26.1. The van der Waals surface area contributed by atoms with E-state index < -0.39 is 11.1 Å². The Bertz CT molecular complexity index is 844. The SMILES string of the molecule is CCOC(=O)CCN1C=C(C(C)C)[C@](C)(c2ccc(CCC(C)(C)O)c(Cl)c2)NC1=O. The summed E-state index contributed by atoms with van der Waals surface area (Å²) in [6, 6.07) is 5.58. The van der Waals surface area contributed by atoms with Crippen molar-refractivity contribution in [1.82, 2.24) is 10.2 Å². The zero-order valence-electron chi connectivity index (χ0n) is 19.4. The van der Waals surface area contributed by atoms with Crippen molar-refractivity contribution in [3.05, 3.63) is 46.1 Å². The molecule has 1 atom stereocenters. The molecule has 0 aromatic heterocycles. The number of halogens is 1. The Kier molecular flexibility index (Phi) is 8.17. The highest BCUT2D eigenvalue weighted by Crippen LogP contribution is 2.38. The molecule has 2 rings (SSSR count). The van der Waals surface area contributed by atoms with Gasteiger partial charge >= 0.3 is 12.0 Å². The average molecular weight is 451 g/mol. The van der Waals surface area contributed by atoms with Gasteiger partial charge in [0.1, 0.15) is 0 Å². The fraction of sp³-hybridized carbons (Fsp3) is 0.583. The number of ether oxygens (including phenoxy) is 1. The third-order valence-corrected chi connectivity index (χ3v) is 5.96. The van der Waals surface area contributed by atoms with Gasteiger partial charge in [0, 0.05) is 17.8 Å². The Labute approximate surface area is 190 Å². The molecular formula is C24H35ClN2O4. The number of hydrogen-bond acceptors (Lipinski definition) is 4. The molecule has 2 N–H and O–H groups in total. The summed E-state index contributed by atoms with van der Waals surface area (Å²) in [5, 5.41) is 13.7. The summed E-state index contributed by atoms with van der Waals surface area (Å²) in [5.41, 5.74) is 1.40. The van der Waals surface area contributed by atoms with E-state index in [4.69, 9.17) is 16.3 Å². The number of aliphatic hydroxyl groups is 1. The Morgan fingerprint density at radius 3 is 2.58 bits per heavy atom. The molecule has 1 aliphatic heterocycles. The lowest BCUT2D eigenvalue weighted by Gasteiger charge is -2.42. The van der Waals surface area contributed by atoms with Crippen LogP contribution in [0.3, 0.4) is 0 Å².